The Morgan fingerprint density at radius 2 is 1.96 bits per heavy atom. The van der Waals surface area contributed by atoms with Crippen molar-refractivity contribution in [3.05, 3.63) is 65.5 Å². The number of carbonyl (C=O) groups is 1. The Morgan fingerprint density at radius 1 is 1.24 bits per heavy atom. The first-order chi connectivity index (χ1) is 11.7. The first kappa shape index (κ1) is 19.2. The van der Waals surface area contributed by atoms with E-state index in [2.05, 4.69) is 5.32 Å². The Hall–Kier alpha value is -2.11. The third-order valence-corrected chi connectivity index (χ3v) is 4.33. The summed E-state index contributed by atoms with van der Waals surface area (Å²) in [6.07, 6.45) is 0.270. The Kier molecular flexibility index (Phi) is 6.79. The zero-order chi connectivity index (χ0) is 16.9. The molecule has 1 amide bonds. The lowest BCUT2D eigenvalue weighted by molar-refractivity contribution is -0.133. The summed E-state index contributed by atoms with van der Waals surface area (Å²) < 4.78 is 18.5. The average Bonchev–Trinajstić information content (AvgIpc) is 2.63. The number of nitrogens with zero attached hydrogens (tertiary/aromatic N) is 1. The molecule has 1 saturated heterocycles. The molecule has 0 radical (unpaired) electrons. The third-order valence-electron chi connectivity index (χ3n) is 4.33. The quantitative estimate of drug-likeness (QED) is 0.906. The molecule has 25 heavy (non-hydrogen) atoms. The van der Waals surface area contributed by atoms with Gasteiger partial charge < -0.3 is 15.0 Å². The van der Waals surface area contributed by atoms with Gasteiger partial charge in [-0.1, -0.05) is 30.3 Å². The lowest BCUT2D eigenvalue weighted by atomic mass is 10.0. The molecule has 1 aliphatic rings. The first-order valence-corrected chi connectivity index (χ1v) is 8.06. The number of ether oxygens (including phenoxy) is 1. The largest absolute Gasteiger partial charge is 0.496 e. The molecule has 0 spiro atoms. The fraction of sp³-hybridized carbons (Fsp3) is 0.316. The number of rotatable bonds is 4. The van der Waals surface area contributed by atoms with Crippen molar-refractivity contribution in [2.75, 3.05) is 26.7 Å². The highest BCUT2D eigenvalue weighted by Gasteiger charge is 2.29. The predicted molar refractivity (Wildman–Crippen MR) is 97.7 cm³/mol. The molecule has 4 nitrogen and oxygen atoms in total. The maximum absolute atomic E-state index is 13.0. The number of nitrogens with one attached hydrogen (secondary N) is 1. The Labute approximate surface area is 153 Å². The van der Waals surface area contributed by atoms with Crippen molar-refractivity contribution >= 4 is 18.3 Å². The van der Waals surface area contributed by atoms with E-state index in [1.807, 2.05) is 29.2 Å². The number of methoxy groups -OCH3 is 1. The number of hydrogen-bond acceptors (Lipinski definition) is 3. The van der Waals surface area contributed by atoms with Crippen molar-refractivity contribution in [3.8, 4) is 5.75 Å². The van der Waals surface area contributed by atoms with E-state index < -0.39 is 0 Å². The fourth-order valence-electron chi connectivity index (χ4n) is 3.10. The lowest BCUT2D eigenvalue weighted by Gasteiger charge is -2.37. The molecule has 2 aromatic carbocycles. The van der Waals surface area contributed by atoms with Gasteiger partial charge in [-0.05, 0) is 23.8 Å². The second-order valence-electron chi connectivity index (χ2n) is 5.85. The Bertz CT molecular complexity index is 709. The topological polar surface area (TPSA) is 41.6 Å². The Balaban J connectivity index is 0.00000225. The van der Waals surface area contributed by atoms with Crippen LogP contribution in [-0.2, 0) is 11.2 Å². The molecule has 1 fully saturated rings. The maximum atomic E-state index is 13.0. The van der Waals surface area contributed by atoms with Crippen molar-refractivity contribution in [2.24, 2.45) is 0 Å². The number of para-hydroxylation sites is 1. The molecule has 1 unspecified atom stereocenters. The van der Waals surface area contributed by atoms with Gasteiger partial charge >= 0.3 is 0 Å². The van der Waals surface area contributed by atoms with Crippen LogP contribution in [0.1, 0.15) is 17.2 Å². The van der Waals surface area contributed by atoms with Gasteiger partial charge in [0.05, 0.1) is 19.6 Å². The number of amides is 1. The van der Waals surface area contributed by atoms with Crippen LogP contribution in [0.3, 0.4) is 0 Å². The molecule has 3 rings (SSSR count). The number of carbonyl (C=O) groups excluding carboxylic acids is 1. The minimum Gasteiger partial charge on any atom is -0.496 e. The summed E-state index contributed by atoms with van der Waals surface area (Å²) in [5, 5.41) is 3.34. The van der Waals surface area contributed by atoms with E-state index >= 15 is 0 Å². The number of benzene rings is 2. The first-order valence-electron chi connectivity index (χ1n) is 8.06. The zero-order valence-electron chi connectivity index (χ0n) is 14.1. The van der Waals surface area contributed by atoms with Crippen LogP contribution in [0, 0.1) is 5.82 Å². The standard InChI is InChI=1S/C19H21FN2O2.ClH/c1-24-18-5-3-2-4-16(18)17-13-21-10-11-22(17)19(23)12-14-6-8-15(20)9-7-14;/h2-9,17,21H,10-13H2,1H3;1H. The van der Waals surface area contributed by atoms with E-state index in [4.69, 9.17) is 4.74 Å². The van der Waals surface area contributed by atoms with Crippen molar-refractivity contribution in [1.29, 1.82) is 0 Å². The molecule has 1 N–H and O–H groups in total. The molecule has 0 aromatic heterocycles. The normalized spacial score (nSPS) is 16.9. The molecule has 6 heteroatoms. The summed E-state index contributed by atoms with van der Waals surface area (Å²) in [6.45, 7) is 2.10. The third kappa shape index (κ3) is 4.50. The van der Waals surface area contributed by atoms with E-state index in [1.165, 1.54) is 12.1 Å². The van der Waals surface area contributed by atoms with E-state index in [9.17, 15) is 9.18 Å². The number of piperazine rings is 1. The van der Waals surface area contributed by atoms with E-state index in [1.54, 1.807) is 19.2 Å². The minimum absolute atomic E-state index is 0. The summed E-state index contributed by atoms with van der Waals surface area (Å²) in [6, 6.07) is 13.8. The second-order valence-corrected chi connectivity index (χ2v) is 5.85. The van der Waals surface area contributed by atoms with Gasteiger partial charge in [-0.3, -0.25) is 4.79 Å². The van der Waals surface area contributed by atoms with Crippen LogP contribution in [0.5, 0.6) is 5.75 Å². The van der Waals surface area contributed by atoms with Crippen LogP contribution in [0.4, 0.5) is 4.39 Å². The van der Waals surface area contributed by atoms with Crippen LogP contribution in [0.2, 0.25) is 0 Å². The van der Waals surface area contributed by atoms with Crippen molar-refractivity contribution in [2.45, 2.75) is 12.5 Å². The van der Waals surface area contributed by atoms with Gasteiger partial charge in [0.15, 0.2) is 0 Å². The molecule has 0 saturated carbocycles. The molecule has 1 atom stereocenters. The van der Waals surface area contributed by atoms with E-state index in [-0.39, 0.29) is 36.6 Å². The van der Waals surface area contributed by atoms with Crippen LogP contribution in [-0.4, -0.2) is 37.6 Å². The Morgan fingerprint density at radius 3 is 2.68 bits per heavy atom. The molecule has 0 aliphatic carbocycles. The van der Waals surface area contributed by atoms with Crippen molar-refractivity contribution < 1.29 is 13.9 Å². The summed E-state index contributed by atoms with van der Waals surface area (Å²) in [5.41, 5.74) is 1.82. The smallest absolute Gasteiger partial charge is 0.227 e. The van der Waals surface area contributed by atoms with Gasteiger partial charge in [-0.2, -0.15) is 0 Å². The molecule has 0 bridgehead atoms. The summed E-state index contributed by atoms with van der Waals surface area (Å²) in [7, 11) is 1.64. The molecule has 1 aliphatic heterocycles. The van der Waals surface area contributed by atoms with Crippen molar-refractivity contribution in [1.82, 2.24) is 10.2 Å². The molecule has 2 aromatic rings. The monoisotopic (exact) mass is 364 g/mol. The average molecular weight is 365 g/mol. The van der Waals surface area contributed by atoms with Gasteiger partial charge in [0, 0.05) is 25.2 Å². The highest BCUT2D eigenvalue weighted by atomic mass is 35.5. The highest BCUT2D eigenvalue weighted by molar-refractivity contribution is 5.85. The zero-order valence-corrected chi connectivity index (χ0v) is 14.9. The molecule has 1 heterocycles. The van der Waals surface area contributed by atoms with E-state index in [0.717, 1.165) is 23.4 Å². The highest BCUT2D eigenvalue weighted by Crippen LogP contribution is 2.30. The lowest BCUT2D eigenvalue weighted by Crippen LogP contribution is -2.49. The van der Waals surface area contributed by atoms with Gasteiger partial charge in [-0.25, -0.2) is 4.39 Å². The molecule has 134 valence electrons. The van der Waals surface area contributed by atoms with Gasteiger partial charge in [-0.15, -0.1) is 12.4 Å². The summed E-state index contributed by atoms with van der Waals surface area (Å²) in [4.78, 5) is 14.7. The summed E-state index contributed by atoms with van der Waals surface area (Å²) in [5.74, 6) is 0.532. The van der Waals surface area contributed by atoms with Crippen LogP contribution in [0.25, 0.3) is 0 Å². The molecular weight excluding hydrogens is 343 g/mol. The maximum Gasteiger partial charge on any atom is 0.227 e. The molecular formula is C19H22ClFN2O2. The van der Waals surface area contributed by atoms with Gasteiger partial charge in [0.2, 0.25) is 5.91 Å². The SMILES string of the molecule is COc1ccccc1C1CNCCN1C(=O)Cc1ccc(F)cc1.Cl. The fourth-order valence-corrected chi connectivity index (χ4v) is 3.10. The number of hydrogen-bond donors (Lipinski definition) is 1. The second kappa shape index (κ2) is 8.83. The van der Waals surface area contributed by atoms with Gasteiger partial charge in [0.25, 0.3) is 0 Å². The minimum atomic E-state index is -0.291. The van der Waals surface area contributed by atoms with Crippen LogP contribution >= 0.6 is 12.4 Å². The predicted octanol–water partition coefficient (Wildman–Crippen LogP) is 2.97. The van der Waals surface area contributed by atoms with E-state index in [0.29, 0.717) is 13.1 Å². The summed E-state index contributed by atoms with van der Waals surface area (Å²) >= 11 is 0. The van der Waals surface area contributed by atoms with Crippen LogP contribution < -0.4 is 10.1 Å². The van der Waals surface area contributed by atoms with Crippen molar-refractivity contribution in [3.63, 3.8) is 0 Å². The van der Waals surface area contributed by atoms with Crippen LogP contribution in [0.15, 0.2) is 48.5 Å². The van der Waals surface area contributed by atoms with Gasteiger partial charge in [0.1, 0.15) is 11.6 Å². The number of halogens is 2.